The van der Waals surface area contributed by atoms with Gasteiger partial charge in [0, 0.05) is 35.7 Å². The van der Waals surface area contributed by atoms with Crippen molar-refractivity contribution in [3.63, 3.8) is 0 Å². The standard InChI is InChI=1S/C39H44N2O12S/c1-21-15-26-16-28-37(43)40(29(19-48-24(4)42)27-17-30(53-54(9,45)46)22(2)34-35(27)51-20-50-34)23(3)32(41(28)38(44)52-39(5,6)7)31(26)36(33(21)47-8)49-18-25-13-11-10-12-14-25/h10-15,17,28-29,32H,3,16,18-20H2,1-2,4-9H3/t28?,29-,32-/m0/s1. The minimum atomic E-state index is -4.01. The third kappa shape index (κ3) is 7.36. The van der Waals surface area contributed by atoms with Crippen molar-refractivity contribution in [3.05, 3.63) is 88.1 Å². The van der Waals surface area contributed by atoms with E-state index < -0.39 is 58.4 Å². The molecule has 6 rings (SSSR count). The molecule has 2 bridgehead atoms. The zero-order valence-corrected chi connectivity index (χ0v) is 32.3. The van der Waals surface area contributed by atoms with Crippen LogP contribution in [-0.4, -0.2) is 74.6 Å². The number of piperazine rings is 1. The average Bonchev–Trinajstić information content (AvgIpc) is 3.58. The molecule has 54 heavy (non-hydrogen) atoms. The Kier molecular flexibility index (Phi) is 10.2. The summed E-state index contributed by atoms with van der Waals surface area (Å²) in [4.78, 5) is 44.3. The summed E-state index contributed by atoms with van der Waals surface area (Å²) in [5.74, 6) is -0.0635. The largest absolute Gasteiger partial charge is 0.493 e. The van der Waals surface area contributed by atoms with E-state index in [1.165, 1.54) is 29.9 Å². The van der Waals surface area contributed by atoms with E-state index in [2.05, 4.69) is 6.58 Å². The van der Waals surface area contributed by atoms with Crippen LogP contribution in [0.3, 0.4) is 0 Å². The topological polar surface area (TPSA) is 156 Å². The molecule has 0 aliphatic carbocycles. The van der Waals surface area contributed by atoms with Crippen LogP contribution in [0.25, 0.3) is 0 Å². The highest BCUT2D eigenvalue weighted by Crippen LogP contribution is 2.54. The van der Waals surface area contributed by atoms with Gasteiger partial charge in [-0.15, -0.1) is 0 Å². The van der Waals surface area contributed by atoms with Crippen molar-refractivity contribution in [1.82, 2.24) is 9.80 Å². The zero-order chi connectivity index (χ0) is 39.3. The molecule has 1 unspecified atom stereocenters. The normalized spacial score (nSPS) is 18.1. The van der Waals surface area contributed by atoms with Crippen LogP contribution >= 0.6 is 0 Å². The molecule has 3 aromatic carbocycles. The molecular weight excluding hydrogens is 720 g/mol. The lowest BCUT2D eigenvalue weighted by molar-refractivity contribution is -0.151. The van der Waals surface area contributed by atoms with Gasteiger partial charge in [-0.2, -0.15) is 8.42 Å². The Hall–Kier alpha value is -5.44. The van der Waals surface area contributed by atoms with Crippen LogP contribution in [0.15, 0.2) is 54.7 Å². The number of rotatable bonds is 10. The van der Waals surface area contributed by atoms with Gasteiger partial charge in [0.15, 0.2) is 23.0 Å². The smallest absolute Gasteiger partial charge is 0.411 e. The van der Waals surface area contributed by atoms with Crippen molar-refractivity contribution in [2.45, 2.75) is 78.3 Å². The van der Waals surface area contributed by atoms with E-state index in [9.17, 15) is 18.0 Å². The highest BCUT2D eigenvalue weighted by Gasteiger charge is 2.55. The molecule has 1 fully saturated rings. The second-order valence-corrected chi connectivity index (χ2v) is 15.9. The SMILES string of the molecule is C=C1[C@H]2c3c(cc(C)c(OC)c3OCc3ccccc3)CC(C(=O)N1[C@@H](COC(C)=O)c1cc(OS(C)(=O)=O)c(C)c3c1OCO3)N2C(=O)OC(C)(C)C. The summed E-state index contributed by atoms with van der Waals surface area (Å²) in [6.45, 7) is 13.9. The van der Waals surface area contributed by atoms with Crippen LogP contribution in [-0.2, 0) is 42.2 Å². The van der Waals surface area contributed by atoms with Crippen molar-refractivity contribution >= 4 is 28.1 Å². The molecule has 0 N–H and O–H groups in total. The Morgan fingerprint density at radius 3 is 2.37 bits per heavy atom. The van der Waals surface area contributed by atoms with E-state index in [1.54, 1.807) is 27.7 Å². The van der Waals surface area contributed by atoms with Gasteiger partial charge in [0.1, 0.15) is 36.6 Å². The molecule has 14 nitrogen and oxygen atoms in total. The summed E-state index contributed by atoms with van der Waals surface area (Å²) < 4.78 is 65.6. The Bertz CT molecular complexity index is 2130. The van der Waals surface area contributed by atoms with E-state index in [-0.39, 0.29) is 48.3 Å². The lowest BCUT2D eigenvalue weighted by Crippen LogP contribution is -2.62. The molecule has 288 valence electrons. The fourth-order valence-corrected chi connectivity index (χ4v) is 7.64. The number of benzene rings is 3. The molecule has 1 saturated heterocycles. The summed E-state index contributed by atoms with van der Waals surface area (Å²) in [5, 5.41) is 0. The molecule has 15 heteroatoms. The molecule has 0 spiro atoms. The predicted octanol–water partition coefficient (Wildman–Crippen LogP) is 5.82. The van der Waals surface area contributed by atoms with E-state index in [0.29, 0.717) is 22.6 Å². The first-order chi connectivity index (χ1) is 25.4. The number of carbonyl (C=O) groups excluding carboxylic acids is 3. The predicted molar refractivity (Wildman–Crippen MR) is 195 cm³/mol. The molecule has 3 aromatic rings. The van der Waals surface area contributed by atoms with Gasteiger partial charge in [-0.05, 0) is 57.4 Å². The van der Waals surface area contributed by atoms with Gasteiger partial charge in [-0.3, -0.25) is 14.5 Å². The molecule has 2 amide bonds. The summed E-state index contributed by atoms with van der Waals surface area (Å²) in [6, 6.07) is 9.56. The Labute approximate surface area is 314 Å². The number of fused-ring (bicyclic) bond motifs is 5. The number of esters is 1. The summed E-state index contributed by atoms with van der Waals surface area (Å²) in [7, 11) is -2.49. The number of carbonyl (C=O) groups is 3. The van der Waals surface area contributed by atoms with Crippen LogP contribution in [0.1, 0.15) is 73.2 Å². The van der Waals surface area contributed by atoms with Crippen molar-refractivity contribution in [1.29, 1.82) is 0 Å². The Balaban J connectivity index is 1.56. The number of nitrogens with zero attached hydrogens (tertiary/aromatic N) is 2. The Morgan fingerprint density at radius 1 is 1.06 bits per heavy atom. The summed E-state index contributed by atoms with van der Waals surface area (Å²) >= 11 is 0. The first-order valence-electron chi connectivity index (χ1n) is 17.3. The van der Waals surface area contributed by atoms with Crippen LogP contribution in [0.5, 0.6) is 28.7 Å². The van der Waals surface area contributed by atoms with Gasteiger partial charge in [0.2, 0.25) is 6.79 Å². The maximum absolute atomic E-state index is 15.0. The minimum absolute atomic E-state index is 0.0640. The average molecular weight is 765 g/mol. The quantitative estimate of drug-likeness (QED) is 0.180. The number of hydrogen-bond donors (Lipinski definition) is 0. The molecule has 3 aliphatic heterocycles. The molecular formula is C39H44N2O12S. The number of amides is 2. The molecule has 3 atom stereocenters. The van der Waals surface area contributed by atoms with Crippen molar-refractivity contribution < 1.29 is 55.4 Å². The fraction of sp³-hybridized carbons (Fsp3) is 0.410. The monoisotopic (exact) mass is 764 g/mol. The highest BCUT2D eigenvalue weighted by molar-refractivity contribution is 7.86. The van der Waals surface area contributed by atoms with Gasteiger partial charge < -0.3 is 37.5 Å². The highest BCUT2D eigenvalue weighted by atomic mass is 32.2. The summed E-state index contributed by atoms with van der Waals surface area (Å²) in [5.41, 5.74) is 2.71. The molecule has 0 aromatic heterocycles. The summed E-state index contributed by atoms with van der Waals surface area (Å²) in [6.07, 6.45) is 0.216. The fourth-order valence-electron chi connectivity index (χ4n) is 7.14. The molecule has 0 radical (unpaired) electrons. The maximum atomic E-state index is 15.0. The lowest BCUT2D eigenvalue weighted by atomic mass is 9.80. The Morgan fingerprint density at radius 2 is 1.74 bits per heavy atom. The van der Waals surface area contributed by atoms with Crippen LogP contribution < -0.4 is 23.1 Å². The van der Waals surface area contributed by atoms with Gasteiger partial charge in [0.05, 0.1) is 19.4 Å². The van der Waals surface area contributed by atoms with E-state index in [4.69, 9.17) is 32.6 Å². The van der Waals surface area contributed by atoms with E-state index in [1.807, 2.05) is 43.3 Å². The van der Waals surface area contributed by atoms with Gasteiger partial charge >= 0.3 is 22.2 Å². The second kappa shape index (κ2) is 14.4. The maximum Gasteiger partial charge on any atom is 0.411 e. The van der Waals surface area contributed by atoms with Gasteiger partial charge in [-0.25, -0.2) is 4.79 Å². The van der Waals surface area contributed by atoms with Gasteiger partial charge in [0.25, 0.3) is 5.91 Å². The number of aryl methyl sites for hydroxylation is 1. The first-order valence-corrected chi connectivity index (χ1v) is 19.1. The van der Waals surface area contributed by atoms with Gasteiger partial charge in [-0.1, -0.05) is 43.0 Å². The third-order valence-corrected chi connectivity index (χ3v) is 9.74. The number of methoxy groups -OCH3 is 1. The third-order valence-electron chi connectivity index (χ3n) is 9.26. The molecule has 3 heterocycles. The number of ether oxygens (including phenoxy) is 6. The minimum Gasteiger partial charge on any atom is -0.493 e. The number of hydrogen-bond acceptors (Lipinski definition) is 12. The zero-order valence-electron chi connectivity index (χ0n) is 31.5. The van der Waals surface area contributed by atoms with Crippen LogP contribution in [0.2, 0.25) is 0 Å². The van der Waals surface area contributed by atoms with Crippen molar-refractivity contribution in [2.75, 3.05) is 26.8 Å². The van der Waals surface area contributed by atoms with E-state index >= 15 is 4.79 Å². The molecule has 0 saturated carbocycles. The van der Waals surface area contributed by atoms with Crippen molar-refractivity contribution in [3.8, 4) is 28.7 Å². The van der Waals surface area contributed by atoms with Crippen LogP contribution in [0, 0.1) is 13.8 Å². The molecule has 3 aliphatic rings. The first kappa shape index (κ1) is 38.3. The second-order valence-electron chi connectivity index (χ2n) is 14.4. The van der Waals surface area contributed by atoms with E-state index in [0.717, 1.165) is 22.9 Å². The van der Waals surface area contributed by atoms with Crippen molar-refractivity contribution in [2.24, 2.45) is 0 Å². The van der Waals surface area contributed by atoms with Crippen LogP contribution in [0.4, 0.5) is 4.79 Å². The lowest BCUT2D eigenvalue weighted by Gasteiger charge is -2.52.